The lowest BCUT2D eigenvalue weighted by atomic mass is 10.0. The number of hydrogen-bond acceptors (Lipinski definition) is 11. The number of aromatic nitrogens is 2. The summed E-state index contributed by atoms with van der Waals surface area (Å²) in [6, 6.07) is 0. The molecule has 1 rings (SSSR count). The summed E-state index contributed by atoms with van der Waals surface area (Å²) >= 11 is 0. The van der Waals surface area contributed by atoms with Crippen molar-refractivity contribution in [2.24, 2.45) is 0 Å². The van der Waals surface area contributed by atoms with E-state index in [1.54, 1.807) is 0 Å². The van der Waals surface area contributed by atoms with Gasteiger partial charge in [-0.1, -0.05) is 0 Å². The monoisotopic (exact) mass is 370 g/mol. The molecule has 1 heterocycles. The van der Waals surface area contributed by atoms with Crippen LogP contribution in [0.5, 0.6) is 5.88 Å². The summed E-state index contributed by atoms with van der Waals surface area (Å²) < 4.78 is 0. The molecule has 9 N–H and O–H groups in total. The Bertz CT molecular complexity index is 484. The number of halogens is 1. The Morgan fingerprint density at radius 2 is 1.21 bits per heavy atom. The van der Waals surface area contributed by atoms with Crippen LogP contribution in [0.1, 0.15) is 0 Å². The van der Waals surface area contributed by atoms with Crippen LogP contribution in [-0.2, 0) is 0 Å². The van der Waals surface area contributed by atoms with Crippen molar-refractivity contribution in [3.63, 3.8) is 0 Å². The molecule has 0 fully saturated rings. The molecule has 0 aliphatic heterocycles. The molecular formula is C12H23ClN4O7. The lowest BCUT2D eigenvalue weighted by Gasteiger charge is -2.34. The average molecular weight is 371 g/mol. The Kier molecular flexibility index (Phi) is 9.14. The van der Waals surface area contributed by atoms with E-state index in [0.717, 1.165) is 6.20 Å². The maximum Gasteiger partial charge on any atom is 0.256 e. The quantitative estimate of drug-likeness (QED) is 0.202. The van der Waals surface area contributed by atoms with Crippen molar-refractivity contribution in [2.75, 3.05) is 50.3 Å². The minimum absolute atomic E-state index is 0. The fourth-order valence-corrected chi connectivity index (χ4v) is 1.68. The maximum absolute atomic E-state index is 9.85. The molecular weight excluding hydrogens is 348 g/mol. The topological polar surface area (TPSA) is 191 Å². The van der Waals surface area contributed by atoms with Crippen LogP contribution in [0.15, 0.2) is 6.20 Å². The molecule has 0 amide bonds. The number of hydrogen-bond donors (Lipinski definition) is 9. The molecule has 140 valence electrons. The summed E-state index contributed by atoms with van der Waals surface area (Å²) in [5, 5.41) is 78.0. The summed E-state index contributed by atoms with van der Waals surface area (Å²) in [6.45, 7) is -3.87. The van der Waals surface area contributed by atoms with Gasteiger partial charge in [0, 0.05) is 0 Å². The standard InChI is InChI=1S/C12H22N4O7.ClH/c17-2-11(3-18,4-19)14-8-1-13-16-10(23)9(8)15-12(5-20,6-21)7-22;/h1,17-22H,2-7H2,(H,13,15)(H2,14,16,23);1H. The maximum atomic E-state index is 9.85. The van der Waals surface area contributed by atoms with Crippen molar-refractivity contribution < 1.29 is 35.7 Å². The van der Waals surface area contributed by atoms with E-state index in [0.29, 0.717) is 0 Å². The predicted octanol–water partition coefficient (Wildman–Crippen LogP) is -3.14. The Morgan fingerprint density at radius 1 is 0.792 bits per heavy atom. The molecule has 1 aromatic rings. The van der Waals surface area contributed by atoms with E-state index in [9.17, 15) is 35.7 Å². The zero-order valence-electron chi connectivity index (χ0n) is 12.8. The van der Waals surface area contributed by atoms with Crippen molar-refractivity contribution in [1.82, 2.24) is 10.2 Å². The Labute approximate surface area is 144 Å². The zero-order valence-corrected chi connectivity index (χ0v) is 13.6. The van der Waals surface area contributed by atoms with Gasteiger partial charge in [0.1, 0.15) is 16.8 Å². The first-order valence-corrected chi connectivity index (χ1v) is 6.71. The molecule has 0 unspecified atom stereocenters. The van der Waals surface area contributed by atoms with Gasteiger partial charge < -0.3 is 46.4 Å². The van der Waals surface area contributed by atoms with Crippen molar-refractivity contribution in [2.45, 2.75) is 11.1 Å². The third-order valence-electron chi connectivity index (χ3n) is 3.44. The number of anilines is 2. The average Bonchev–Trinajstić information content (AvgIpc) is 2.60. The van der Waals surface area contributed by atoms with Gasteiger partial charge in [-0.2, -0.15) is 5.10 Å². The number of rotatable bonds is 10. The number of aromatic hydroxyl groups is 1. The van der Waals surface area contributed by atoms with E-state index in [-0.39, 0.29) is 23.8 Å². The lowest BCUT2D eigenvalue weighted by molar-refractivity contribution is 0.0814. The molecule has 0 aliphatic rings. The third-order valence-corrected chi connectivity index (χ3v) is 3.44. The Morgan fingerprint density at radius 3 is 1.62 bits per heavy atom. The van der Waals surface area contributed by atoms with Crippen LogP contribution in [-0.4, -0.2) is 96.7 Å². The SMILES string of the molecule is Cl.OCC(CO)(CO)Nc1cnnc(O)c1NC(CO)(CO)CO. The Balaban J connectivity index is 0.00000529. The normalized spacial score (nSPS) is 11.8. The first-order valence-electron chi connectivity index (χ1n) is 6.71. The fraction of sp³-hybridized carbons (Fsp3) is 0.667. The molecule has 0 aromatic carbocycles. The van der Waals surface area contributed by atoms with Crippen LogP contribution in [0.4, 0.5) is 11.4 Å². The predicted molar refractivity (Wildman–Crippen MR) is 86.2 cm³/mol. The van der Waals surface area contributed by atoms with Gasteiger partial charge in [-0.05, 0) is 0 Å². The highest BCUT2D eigenvalue weighted by Gasteiger charge is 2.33. The Hall–Kier alpha value is -1.47. The van der Waals surface area contributed by atoms with Crippen molar-refractivity contribution in [1.29, 1.82) is 0 Å². The first-order chi connectivity index (χ1) is 10.9. The minimum atomic E-state index is -1.56. The number of nitrogens with one attached hydrogen (secondary N) is 2. The second-order valence-electron chi connectivity index (χ2n) is 5.22. The van der Waals surface area contributed by atoms with Crippen LogP contribution >= 0.6 is 12.4 Å². The lowest BCUT2D eigenvalue weighted by Crippen LogP contribution is -2.51. The summed E-state index contributed by atoms with van der Waals surface area (Å²) in [6.07, 6.45) is 1.13. The van der Waals surface area contributed by atoms with Gasteiger partial charge in [-0.15, -0.1) is 17.5 Å². The third kappa shape index (κ3) is 4.77. The summed E-state index contributed by atoms with van der Waals surface area (Å²) in [5.74, 6) is -0.613. The van der Waals surface area contributed by atoms with Crippen molar-refractivity contribution >= 4 is 23.8 Å². The highest BCUT2D eigenvalue weighted by atomic mass is 35.5. The second-order valence-corrected chi connectivity index (χ2v) is 5.22. The molecule has 0 spiro atoms. The fourth-order valence-electron chi connectivity index (χ4n) is 1.68. The molecule has 0 radical (unpaired) electrons. The van der Waals surface area contributed by atoms with E-state index in [4.69, 9.17) is 0 Å². The molecule has 0 atom stereocenters. The van der Waals surface area contributed by atoms with E-state index >= 15 is 0 Å². The van der Waals surface area contributed by atoms with Gasteiger partial charge in [0.05, 0.1) is 51.5 Å². The van der Waals surface area contributed by atoms with Gasteiger partial charge in [0.25, 0.3) is 5.88 Å². The highest BCUT2D eigenvalue weighted by molar-refractivity contribution is 5.85. The molecule has 11 nitrogen and oxygen atoms in total. The number of aliphatic hydroxyl groups is 6. The smallest absolute Gasteiger partial charge is 0.256 e. The molecule has 0 aliphatic carbocycles. The summed E-state index contributed by atoms with van der Waals surface area (Å²) in [5.41, 5.74) is -3.19. The van der Waals surface area contributed by atoms with Gasteiger partial charge in [-0.3, -0.25) is 0 Å². The van der Waals surface area contributed by atoms with E-state index < -0.39 is 56.6 Å². The second kappa shape index (κ2) is 9.74. The largest absolute Gasteiger partial charge is 0.491 e. The van der Waals surface area contributed by atoms with Gasteiger partial charge in [0.15, 0.2) is 0 Å². The number of aliphatic hydroxyl groups excluding tert-OH is 6. The van der Waals surface area contributed by atoms with Crippen LogP contribution in [0.2, 0.25) is 0 Å². The summed E-state index contributed by atoms with van der Waals surface area (Å²) in [7, 11) is 0. The minimum Gasteiger partial charge on any atom is -0.491 e. The molecule has 0 saturated heterocycles. The molecule has 1 aromatic heterocycles. The van der Waals surface area contributed by atoms with E-state index in [2.05, 4.69) is 20.8 Å². The van der Waals surface area contributed by atoms with E-state index in [1.165, 1.54) is 0 Å². The van der Waals surface area contributed by atoms with Gasteiger partial charge in [0.2, 0.25) is 0 Å². The van der Waals surface area contributed by atoms with Crippen molar-refractivity contribution in [3.8, 4) is 5.88 Å². The first kappa shape index (κ1) is 22.5. The van der Waals surface area contributed by atoms with Crippen LogP contribution in [0.3, 0.4) is 0 Å². The van der Waals surface area contributed by atoms with E-state index in [1.807, 2.05) is 0 Å². The molecule has 0 bridgehead atoms. The van der Waals surface area contributed by atoms with Crippen molar-refractivity contribution in [3.05, 3.63) is 6.20 Å². The van der Waals surface area contributed by atoms with Gasteiger partial charge in [-0.25, -0.2) is 0 Å². The zero-order chi connectivity index (χ0) is 17.5. The highest BCUT2D eigenvalue weighted by Crippen LogP contribution is 2.32. The molecule has 24 heavy (non-hydrogen) atoms. The van der Waals surface area contributed by atoms with Crippen LogP contribution in [0.25, 0.3) is 0 Å². The van der Waals surface area contributed by atoms with Gasteiger partial charge >= 0.3 is 0 Å². The number of nitrogens with zero attached hydrogens (tertiary/aromatic N) is 2. The molecule has 0 saturated carbocycles. The van der Waals surface area contributed by atoms with Crippen LogP contribution < -0.4 is 10.6 Å². The summed E-state index contributed by atoms with van der Waals surface area (Å²) in [4.78, 5) is 0. The molecule has 12 heteroatoms. The van der Waals surface area contributed by atoms with Crippen LogP contribution in [0, 0.1) is 0 Å².